The summed E-state index contributed by atoms with van der Waals surface area (Å²) in [4.78, 5) is 17.5. The third-order valence-corrected chi connectivity index (χ3v) is 6.70. The standard InChI is InChI=1S/C20H16N2O3S2/c1-22-17-11-10-13-6-3-4-9-16(13)18(17)26-20(22)21-19(23)14-7-5-8-15(12-14)27(2,24)25/h3-12H,1-2H3. The van der Waals surface area contributed by atoms with Gasteiger partial charge in [0.1, 0.15) is 0 Å². The van der Waals surface area contributed by atoms with E-state index in [2.05, 4.69) is 11.1 Å². The van der Waals surface area contributed by atoms with Gasteiger partial charge in [-0.1, -0.05) is 47.7 Å². The summed E-state index contributed by atoms with van der Waals surface area (Å²) in [5.41, 5.74) is 1.25. The molecule has 0 atom stereocenters. The van der Waals surface area contributed by atoms with Crippen LogP contribution in [-0.4, -0.2) is 25.1 Å². The number of amides is 1. The molecular formula is C20H16N2O3S2. The maximum Gasteiger partial charge on any atom is 0.279 e. The van der Waals surface area contributed by atoms with Crippen LogP contribution in [0.1, 0.15) is 10.4 Å². The average Bonchev–Trinajstić information content (AvgIpc) is 2.97. The topological polar surface area (TPSA) is 68.5 Å². The van der Waals surface area contributed by atoms with Crippen molar-refractivity contribution in [1.29, 1.82) is 0 Å². The van der Waals surface area contributed by atoms with Crippen LogP contribution in [0.5, 0.6) is 0 Å². The molecule has 0 aliphatic heterocycles. The van der Waals surface area contributed by atoms with Gasteiger partial charge in [0.25, 0.3) is 5.91 Å². The van der Waals surface area contributed by atoms with Gasteiger partial charge in [-0.05, 0) is 29.7 Å². The molecule has 3 aromatic carbocycles. The Labute approximate surface area is 160 Å². The number of nitrogens with zero attached hydrogens (tertiary/aromatic N) is 2. The molecule has 5 nitrogen and oxygen atoms in total. The Morgan fingerprint density at radius 3 is 2.59 bits per heavy atom. The monoisotopic (exact) mass is 396 g/mol. The zero-order valence-electron chi connectivity index (χ0n) is 14.7. The van der Waals surface area contributed by atoms with E-state index in [0.29, 0.717) is 4.80 Å². The zero-order chi connectivity index (χ0) is 19.2. The molecule has 0 spiro atoms. The number of carbonyl (C=O) groups is 1. The van der Waals surface area contributed by atoms with E-state index < -0.39 is 15.7 Å². The van der Waals surface area contributed by atoms with Crippen molar-refractivity contribution in [2.75, 3.05) is 6.26 Å². The number of fused-ring (bicyclic) bond motifs is 3. The van der Waals surface area contributed by atoms with Crippen LogP contribution >= 0.6 is 11.3 Å². The molecule has 1 aromatic heterocycles. The Morgan fingerprint density at radius 2 is 1.81 bits per heavy atom. The minimum Gasteiger partial charge on any atom is -0.319 e. The second kappa shape index (κ2) is 6.44. The maximum atomic E-state index is 12.6. The van der Waals surface area contributed by atoms with Crippen molar-refractivity contribution in [3.63, 3.8) is 0 Å². The summed E-state index contributed by atoms with van der Waals surface area (Å²) in [5.74, 6) is -0.466. The molecule has 0 unspecified atom stereocenters. The number of benzene rings is 3. The third kappa shape index (κ3) is 3.20. The van der Waals surface area contributed by atoms with Gasteiger partial charge >= 0.3 is 0 Å². The van der Waals surface area contributed by atoms with Gasteiger partial charge in [-0.2, -0.15) is 4.99 Å². The molecule has 0 saturated heterocycles. The average molecular weight is 396 g/mol. The van der Waals surface area contributed by atoms with Crippen molar-refractivity contribution in [2.24, 2.45) is 12.0 Å². The van der Waals surface area contributed by atoms with Crippen LogP contribution in [-0.2, 0) is 16.9 Å². The number of aryl methyl sites for hydroxylation is 1. The highest BCUT2D eigenvalue weighted by atomic mass is 32.2. The van der Waals surface area contributed by atoms with Crippen molar-refractivity contribution in [3.8, 4) is 0 Å². The Kier molecular flexibility index (Phi) is 4.20. The number of thiazole rings is 1. The lowest BCUT2D eigenvalue weighted by Crippen LogP contribution is -2.13. The van der Waals surface area contributed by atoms with Crippen molar-refractivity contribution < 1.29 is 13.2 Å². The van der Waals surface area contributed by atoms with E-state index in [1.165, 1.54) is 23.5 Å². The van der Waals surface area contributed by atoms with Gasteiger partial charge in [-0.3, -0.25) is 4.79 Å². The van der Waals surface area contributed by atoms with Crippen LogP contribution < -0.4 is 4.80 Å². The molecule has 27 heavy (non-hydrogen) atoms. The van der Waals surface area contributed by atoms with E-state index in [1.54, 1.807) is 12.1 Å². The lowest BCUT2D eigenvalue weighted by molar-refractivity contribution is 0.0997. The summed E-state index contributed by atoms with van der Waals surface area (Å²) in [6.07, 6.45) is 1.12. The fourth-order valence-electron chi connectivity index (χ4n) is 2.97. The third-order valence-electron chi connectivity index (χ3n) is 4.41. The highest BCUT2D eigenvalue weighted by molar-refractivity contribution is 7.90. The van der Waals surface area contributed by atoms with Crippen LogP contribution in [0.15, 0.2) is 70.6 Å². The van der Waals surface area contributed by atoms with Crippen LogP contribution in [0, 0.1) is 0 Å². The summed E-state index contributed by atoms with van der Waals surface area (Å²) in [7, 11) is -1.51. The Morgan fingerprint density at radius 1 is 1.04 bits per heavy atom. The number of aromatic nitrogens is 1. The first-order valence-electron chi connectivity index (χ1n) is 8.21. The summed E-state index contributed by atoms with van der Waals surface area (Å²) in [6, 6.07) is 18.1. The number of carbonyl (C=O) groups excluding carboxylic acids is 1. The van der Waals surface area contributed by atoms with E-state index in [1.807, 2.05) is 41.9 Å². The molecule has 136 valence electrons. The van der Waals surface area contributed by atoms with Crippen molar-refractivity contribution in [2.45, 2.75) is 4.90 Å². The van der Waals surface area contributed by atoms with E-state index in [4.69, 9.17) is 0 Å². The maximum absolute atomic E-state index is 12.6. The first-order valence-corrected chi connectivity index (χ1v) is 10.9. The van der Waals surface area contributed by atoms with Crippen molar-refractivity contribution in [3.05, 3.63) is 71.0 Å². The molecule has 1 heterocycles. The largest absolute Gasteiger partial charge is 0.319 e. The molecule has 4 aromatic rings. The van der Waals surface area contributed by atoms with Crippen LogP contribution in [0.3, 0.4) is 0 Å². The predicted molar refractivity (Wildman–Crippen MR) is 108 cm³/mol. The molecule has 0 bridgehead atoms. The van der Waals surface area contributed by atoms with Gasteiger partial charge in [0, 0.05) is 24.3 Å². The van der Waals surface area contributed by atoms with Gasteiger partial charge in [-0.25, -0.2) is 8.42 Å². The molecule has 7 heteroatoms. The lowest BCUT2D eigenvalue weighted by Gasteiger charge is -2.00. The van der Waals surface area contributed by atoms with E-state index in [-0.39, 0.29) is 10.5 Å². The quantitative estimate of drug-likeness (QED) is 0.520. The Balaban J connectivity index is 1.87. The molecule has 4 rings (SSSR count). The number of sulfone groups is 1. The highest BCUT2D eigenvalue weighted by Crippen LogP contribution is 2.27. The zero-order valence-corrected chi connectivity index (χ0v) is 16.3. The fraction of sp³-hybridized carbons (Fsp3) is 0.100. The Bertz CT molecular complexity index is 1380. The van der Waals surface area contributed by atoms with Gasteiger partial charge in [0.2, 0.25) is 0 Å². The Hall–Kier alpha value is -2.77. The van der Waals surface area contributed by atoms with Crippen LogP contribution in [0.2, 0.25) is 0 Å². The van der Waals surface area contributed by atoms with Crippen molar-refractivity contribution in [1.82, 2.24) is 4.57 Å². The smallest absolute Gasteiger partial charge is 0.279 e. The highest BCUT2D eigenvalue weighted by Gasteiger charge is 2.12. The van der Waals surface area contributed by atoms with Gasteiger partial charge < -0.3 is 4.57 Å². The van der Waals surface area contributed by atoms with Crippen LogP contribution in [0.4, 0.5) is 0 Å². The molecule has 1 amide bonds. The van der Waals surface area contributed by atoms with E-state index >= 15 is 0 Å². The van der Waals surface area contributed by atoms with E-state index in [0.717, 1.165) is 27.2 Å². The van der Waals surface area contributed by atoms with Gasteiger partial charge in [0.15, 0.2) is 14.6 Å². The molecule has 0 radical (unpaired) electrons. The normalized spacial score (nSPS) is 12.7. The minimum absolute atomic E-state index is 0.107. The number of hydrogen-bond acceptors (Lipinski definition) is 4. The van der Waals surface area contributed by atoms with Gasteiger partial charge in [0.05, 0.1) is 15.1 Å². The molecule has 0 saturated carbocycles. The molecule has 0 fully saturated rings. The van der Waals surface area contributed by atoms with Gasteiger partial charge in [-0.15, -0.1) is 0 Å². The summed E-state index contributed by atoms with van der Waals surface area (Å²) >= 11 is 1.44. The first kappa shape index (κ1) is 17.6. The van der Waals surface area contributed by atoms with Crippen molar-refractivity contribution >= 4 is 48.1 Å². The van der Waals surface area contributed by atoms with Crippen LogP contribution in [0.25, 0.3) is 21.0 Å². The molecule has 0 N–H and O–H groups in total. The second-order valence-electron chi connectivity index (χ2n) is 6.30. The first-order chi connectivity index (χ1) is 12.8. The summed E-state index contributed by atoms with van der Waals surface area (Å²) in [5, 5.41) is 2.24. The molecule has 0 aliphatic rings. The minimum atomic E-state index is -3.38. The second-order valence-corrected chi connectivity index (χ2v) is 9.29. The van der Waals surface area contributed by atoms with E-state index in [9.17, 15) is 13.2 Å². The number of hydrogen-bond donors (Lipinski definition) is 0. The fourth-order valence-corrected chi connectivity index (χ4v) is 4.79. The SMILES string of the molecule is Cn1c(=NC(=O)c2cccc(S(C)(=O)=O)c2)sc2c3ccccc3ccc21. The summed E-state index contributed by atoms with van der Waals surface area (Å²) in [6.45, 7) is 0. The summed E-state index contributed by atoms with van der Waals surface area (Å²) < 4.78 is 26.4. The predicted octanol–water partition coefficient (Wildman–Crippen LogP) is 3.54. The number of rotatable bonds is 2. The molecule has 0 aliphatic carbocycles. The lowest BCUT2D eigenvalue weighted by atomic mass is 10.1. The molecular weight excluding hydrogens is 380 g/mol.